The van der Waals surface area contributed by atoms with Gasteiger partial charge in [-0.25, -0.2) is 4.68 Å². The fourth-order valence-corrected chi connectivity index (χ4v) is 4.69. The molecule has 9 nitrogen and oxygen atoms in total. The third-order valence-corrected chi connectivity index (χ3v) is 6.68. The van der Waals surface area contributed by atoms with Gasteiger partial charge in [0, 0.05) is 32.4 Å². The summed E-state index contributed by atoms with van der Waals surface area (Å²) in [5.74, 6) is -0.0995. The highest BCUT2D eigenvalue weighted by Crippen LogP contribution is 2.23. The standard InChI is InChI=1S/C23H27N7O2/c1-16-20(12-24-27(16)2)22(31)30-10-5-8-19(30)14-29-15-21(25-26-29)23(32)28-11-9-17-6-3-4-7-18(17)13-28/h3-4,6-7,12,15,19H,5,8-11,13-14H2,1-2H3. The van der Waals surface area contributed by atoms with Gasteiger partial charge in [0.25, 0.3) is 11.8 Å². The summed E-state index contributed by atoms with van der Waals surface area (Å²) in [4.78, 5) is 29.8. The van der Waals surface area contributed by atoms with Crippen molar-refractivity contribution < 1.29 is 9.59 Å². The number of hydrogen-bond acceptors (Lipinski definition) is 5. The molecule has 0 N–H and O–H groups in total. The summed E-state index contributed by atoms with van der Waals surface area (Å²) in [6.45, 7) is 4.41. The van der Waals surface area contributed by atoms with Gasteiger partial charge in [-0.3, -0.25) is 14.3 Å². The summed E-state index contributed by atoms with van der Waals surface area (Å²) >= 11 is 0. The van der Waals surface area contributed by atoms with E-state index < -0.39 is 0 Å². The molecule has 4 heterocycles. The number of benzene rings is 1. The smallest absolute Gasteiger partial charge is 0.276 e. The number of hydrogen-bond donors (Lipinski definition) is 0. The molecule has 1 atom stereocenters. The lowest BCUT2D eigenvalue weighted by molar-refractivity contribution is 0.0714. The van der Waals surface area contributed by atoms with Crippen molar-refractivity contribution in [3.63, 3.8) is 0 Å². The maximum atomic E-state index is 13.1. The molecule has 166 valence electrons. The normalized spacial score (nSPS) is 18.1. The summed E-state index contributed by atoms with van der Waals surface area (Å²) in [7, 11) is 1.84. The summed E-state index contributed by atoms with van der Waals surface area (Å²) in [5, 5.41) is 12.5. The van der Waals surface area contributed by atoms with Crippen molar-refractivity contribution in [3.05, 3.63) is 64.7 Å². The van der Waals surface area contributed by atoms with Crippen molar-refractivity contribution in [2.45, 2.75) is 45.3 Å². The van der Waals surface area contributed by atoms with E-state index in [-0.39, 0.29) is 17.9 Å². The van der Waals surface area contributed by atoms with E-state index in [0.29, 0.717) is 37.4 Å². The Morgan fingerprint density at radius 3 is 2.72 bits per heavy atom. The van der Waals surface area contributed by atoms with Crippen LogP contribution in [0.3, 0.4) is 0 Å². The molecule has 0 aliphatic carbocycles. The van der Waals surface area contributed by atoms with Gasteiger partial charge < -0.3 is 9.80 Å². The fourth-order valence-electron chi connectivity index (χ4n) is 4.69. The molecule has 0 radical (unpaired) electrons. The molecule has 1 unspecified atom stereocenters. The number of carbonyl (C=O) groups excluding carboxylic acids is 2. The van der Waals surface area contributed by atoms with Crippen molar-refractivity contribution in [1.29, 1.82) is 0 Å². The second-order valence-corrected chi connectivity index (χ2v) is 8.63. The lowest BCUT2D eigenvalue weighted by Gasteiger charge is -2.28. The Hall–Kier alpha value is -3.49. The van der Waals surface area contributed by atoms with Crippen LogP contribution in [-0.2, 0) is 26.6 Å². The third-order valence-electron chi connectivity index (χ3n) is 6.68. The van der Waals surface area contributed by atoms with Crippen molar-refractivity contribution >= 4 is 11.8 Å². The monoisotopic (exact) mass is 433 g/mol. The van der Waals surface area contributed by atoms with E-state index in [1.54, 1.807) is 21.8 Å². The van der Waals surface area contributed by atoms with Crippen LogP contribution in [0.1, 0.15) is 50.5 Å². The molecule has 5 rings (SSSR count). The largest absolute Gasteiger partial charge is 0.334 e. The van der Waals surface area contributed by atoms with Gasteiger partial charge in [0.2, 0.25) is 0 Å². The maximum Gasteiger partial charge on any atom is 0.276 e. The lowest BCUT2D eigenvalue weighted by atomic mass is 10.00. The molecule has 2 aromatic heterocycles. The summed E-state index contributed by atoms with van der Waals surface area (Å²) in [6, 6.07) is 8.25. The summed E-state index contributed by atoms with van der Waals surface area (Å²) in [5.41, 5.74) is 4.33. The van der Waals surface area contributed by atoms with Crippen LogP contribution < -0.4 is 0 Å². The highest BCUT2D eigenvalue weighted by Gasteiger charge is 2.32. The maximum absolute atomic E-state index is 13.1. The number of rotatable bonds is 4. The number of aryl methyl sites for hydroxylation is 1. The van der Waals surface area contributed by atoms with Crippen LogP contribution in [0.25, 0.3) is 0 Å². The van der Waals surface area contributed by atoms with Gasteiger partial charge in [-0.1, -0.05) is 29.5 Å². The van der Waals surface area contributed by atoms with Crippen molar-refractivity contribution in [1.82, 2.24) is 34.6 Å². The van der Waals surface area contributed by atoms with Crippen LogP contribution in [0.15, 0.2) is 36.7 Å². The second kappa shape index (κ2) is 8.22. The van der Waals surface area contributed by atoms with E-state index in [0.717, 1.165) is 25.0 Å². The molecule has 1 fully saturated rings. The second-order valence-electron chi connectivity index (χ2n) is 8.63. The first kappa shape index (κ1) is 20.4. The number of aromatic nitrogens is 5. The number of likely N-dealkylation sites (tertiary alicyclic amines) is 1. The van der Waals surface area contributed by atoms with Crippen LogP contribution in [0.4, 0.5) is 0 Å². The van der Waals surface area contributed by atoms with E-state index in [1.807, 2.05) is 35.9 Å². The Morgan fingerprint density at radius 1 is 1.12 bits per heavy atom. The highest BCUT2D eigenvalue weighted by atomic mass is 16.2. The van der Waals surface area contributed by atoms with Gasteiger partial charge in [0.15, 0.2) is 5.69 Å². The van der Waals surface area contributed by atoms with Crippen molar-refractivity contribution in [2.24, 2.45) is 7.05 Å². The molecule has 32 heavy (non-hydrogen) atoms. The Labute approximate surface area is 186 Å². The number of nitrogens with zero attached hydrogens (tertiary/aromatic N) is 7. The minimum absolute atomic E-state index is 0.00139. The topological polar surface area (TPSA) is 89.2 Å². The van der Waals surface area contributed by atoms with Crippen LogP contribution >= 0.6 is 0 Å². The Morgan fingerprint density at radius 2 is 1.94 bits per heavy atom. The first-order chi connectivity index (χ1) is 15.5. The van der Waals surface area contributed by atoms with Crippen LogP contribution in [-0.4, -0.2) is 65.5 Å². The zero-order valence-electron chi connectivity index (χ0n) is 18.4. The van der Waals surface area contributed by atoms with Gasteiger partial charge >= 0.3 is 0 Å². The van der Waals surface area contributed by atoms with Crippen LogP contribution in [0, 0.1) is 6.92 Å². The zero-order valence-corrected chi connectivity index (χ0v) is 18.4. The minimum atomic E-state index is -0.101. The molecule has 1 aromatic carbocycles. The van der Waals surface area contributed by atoms with Crippen LogP contribution in [0.5, 0.6) is 0 Å². The molecule has 2 aliphatic rings. The highest BCUT2D eigenvalue weighted by molar-refractivity contribution is 5.95. The van der Waals surface area contributed by atoms with Gasteiger partial charge in [-0.05, 0) is 37.3 Å². The molecule has 0 spiro atoms. The Kier molecular flexibility index (Phi) is 5.24. The average Bonchev–Trinajstić information content (AvgIpc) is 3.54. The predicted octanol–water partition coefficient (Wildman–Crippen LogP) is 1.82. The third kappa shape index (κ3) is 3.68. The first-order valence-corrected chi connectivity index (χ1v) is 11.1. The number of amides is 2. The summed E-state index contributed by atoms with van der Waals surface area (Å²) in [6.07, 6.45) is 6.04. The SMILES string of the molecule is Cc1c(C(=O)N2CCCC2Cn2cc(C(=O)N3CCc4ccccc4C3)nn2)cnn1C. The van der Waals surface area contributed by atoms with Gasteiger partial charge in [-0.2, -0.15) is 5.10 Å². The predicted molar refractivity (Wildman–Crippen MR) is 117 cm³/mol. The molecule has 2 amide bonds. The average molecular weight is 434 g/mol. The van der Waals surface area contributed by atoms with E-state index in [1.165, 1.54) is 11.1 Å². The molecule has 0 saturated carbocycles. The van der Waals surface area contributed by atoms with Gasteiger partial charge in [0.1, 0.15) is 0 Å². The molecule has 3 aromatic rings. The van der Waals surface area contributed by atoms with E-state index in [9.17, 15) is 9.59 Å². The van der Waals surface area contributed by atoms with Crippen LogP contribution in [0.2, 0.25) is 0 Å². The molecule has 9 heteroatoms. The Bertz CT molecular complexity index is 1160. The van der Waals surface area contributed by atoms with E-state index >= 15 is 0 Å². The van der Waals surface area contributed by atoms with Gasteiger partial charge in [0.05, 0.1) is 30.5 Å². The molecular formula is C23H27N7O2. The molecule has 0 bridgehead atoms. The van der Waals surface area contributed by atoms with Gasteiger partial charge in [-0.15, -0.1) is 5.10 Å². The quantitative estimate of drug-likeness (QED) is 0.626. The van der Waals surface area contributed by atoms with Crippen molar-refractivity contribution in [3.8, 4) is 0 Å². The Balaban J connectivity index is 1.26. The molecule has 2 aliphatic heterocycles. The van der Waals surface area contributed by atoms with Crippen molar-refractivity contribution in [2.75, 3.05) is 13.1 Å². The number of carbonyl (C=O) groups is 2. The lowest BCUT2D eigenvalue weighted by Crippen LogP contribution is -2.38. The molecule has 1 saturated heterocycles. The van der Waals surface area contributed by atoms with E-state index in [2.05, 4.69) is 27.5 Å². The molecular weight excluding hydrogens is 406 g/mol. The minimum Gasteiger partial charge on any atom is -0.334 e. The fraction of sp³-hybridized carbons (Fsp3) is 0.435. The van der Waals surface area contributed by atoms with E-state index in [4.69, 9.17) is 0 Å². The zero-order chi connectivity index (χ0) is 22.2. The summed E-state index contributed by atoms with van der Waals surface area (Å²) < 4.78 is 3.41. The number of fused-ring (bicyclic) bond motifs is 1. The first-order valence-electron chi connectivity index (χ1n) is 11.1.